The number of anilines is 1. The van der Waals surface area contributed by atoms with Crippen molar-refractivity contribution in [2.24, 2.45) is 11.3 Å². The quantitative estimate of drug-likeness (QED) is 0.832. The van der Waals surface area contributed by atoms with Gasteiger partial charge in [-0.3, -0.25) is 9.59 Å². The van der Waals surface area contributed by atoms with Crippen molar-refractivity contribution in [3.63, 3.8) is 0 Å². The molecule has 0 aliphatic heterocycles. The van der Waals surface area contributed by atoms with Crippen molar-refractivity contribution in [2.75, 3.05) is 12.4 Å². The maximum Gasteiger partial charge on any atom is 0.316 e. The van der Waals surface area contributed by atoms with Gasteiger partial charge in [-0.05, 0) is 17.5 Å². The fourth-order valence-corrected chi connectivity index (χ4v) is 1.83. The summed E-state index contributed by atoms with van der Waals surface area (Å²) in [6.07, 6.45) is 0. The van der Waals surface area contributed by atoms with E-state index >= 15 is 0 Å². The Morgan fingerprint density at radius 2 is 1.95 bits per heavy atom. The predicted molar refractivity (Wildman–Crippen MR) is 72.2 cm³/mol. The Hall–Kier alpha value is -2.11. The van der Waals surface area contributed by atoms with Crippen LogP contribution in [0.25, 0.3) is 0 Å². The molecule has 0 bridgehead atoms. The van der Waals surface area contributed by atoms with E-state index in [2.05, 4.69) is 5.32 Å². The largest absolute Gasteiger partial charge is 0.494 e. The Morgan fingerprint density at radius 3 is 2.35 bits per heavy atom. The van der Waals surface area contributed by atoms with E-state index < -0.39 is 29.0 Å². The van der Waals surface area contributed by atoms with Gasteiger partial charge in [0.05, 0.1) is 7.11 Å². The Bertz CT molecular complexity index is 522. The lowest BCUT2D eigenvalue weighted by Crippen LogP contribution is -2.39. The van der Waals surface area contributed by atoms with Crippen molar-refractivity contribution in [3.8, 4) is 5.75 Å². The van der Waals surface area contributed by atoms with Crippen molar-refractivity contribution >= 4 is 17.6 Å². The van der Waals surface area contributed by atoms with Crippen LogP contribution in [0, 0.1) is 17.2 Å². The third-order valence-corrected chi connectivity index (χ3v) is 2.79. The number of carbonyl (C=O) groups excluding carboxylic acids is 1. The summed E-state index contributed by atoms with van der Waals surface area (Å²) in [6, 6.07) is 3.89. The number of amides is 1. The van der Waals surface area contributed by atoms with Gasteiger partial charge in [-0.15, -0.1) is 0 Å². The van der Waals surface area contributed by atoms with Gasteiger partial charge in [0, 0.05) is 11.8 Å². The van der Waals surface area contributed by atoms with Crippen molar-refractivity contribution in [1.82, 2.24) is 0 Å². The van der Waals surface area contributed by atoms with Crippen LogP contribution in [0.2, 0.25) is 0 Å². The summed E-state index contributed by atoms with van der Waals surface area (Å²) in [7, 11) is 1.33. The normalized spacial score (nSPS) is 12.7. The molecule has 0 saturated carbocycles. The van der Waals surface area contributed by atoms with Crippen LogP contribution in [0.3, 0.4) is 0 Å². The van der Waals surface area contributed by atoms with E-state index in [-0.39, 0.29) is 11.4 Å². The highest BCUT2D eigenvalue weighted by Crippen LogP contribution is 2.28. The molecular formula is C14H18FNO4. The van der Waals surface area contributed by atoms with Crippen LogP contribution >= 0.6 is 0 Å². The molecule has 0 spiro atoms. The number of carboxylic acid groups (broad SMARTS) is 1. The number of benzene rings is 1. The topological polar surface area (TPSA) is 75.6 Å². The Morgan fingerprint density at radius 1 is 1.35 bits per heavy atom. The molecule has 1 amide bonds. The van der Waals surface area contributed by atoms with E-state index in [1.807, 2.05) is 0 Å². The Labute approximate surface area is 116 Å². The van der Waals surface area contributed by atoms with E-state index in [0.717, 1.165) is 6.07 Å². The molecule has 0 fully saturated rings. The molecule has 0 aliphatic carbocycles. The average Bonchev–Trinajstić information content (AvgIpc) is 2.26. The van der Waals surface area contributed by atoms with E-state index in [0.29, 0.717) is 0 Å². The van der Waals surface area contributed by atoms with E-state index in [1.165, 1.54) is 19.2 Å². The summed E-state index contributed by atoms with van der Waals surface area (Å²) in [4.78, 5) is 23.2. The van der Waals surface area contributed by atoms with Crippen LogP contribution in [0.15, 0.2) is 18.2 Å². The lowest BCUT2D eigenvalue weighted by Gasteiger charge is -2.25. The fraction of sp³-hybridized carbons (Fsp3) is 0.429. The first-order valence-electron chi connectivity index (χ1n) is 6.04. The van der Waals surface area contributed by atoms with Gasteiger partial charge in [0.25, 0.3) is 0 Å². The molecule has 2 N–H and O–H groups in total. The molecule has 6 heteroatoms. The summed E-state index contributed by atoms with van der Waals surface area (Å²) < 4.78 is 18.3. The number of rotatable bonds is 4. The Kier molecular flexibility index (Phi) is 4.70. The van der Waals surface area contributed by atoms with Crippen LogP contribution < -0.4 is 10.1 Å². The molecule has 110 valence electrons. The second-order valence-corrected chi connectivity index (χ2v) is 5.48. The summed E-state index contributed by atoms with van der Waals surface area (Å²) in [5.41, 5.74) is -0.565. The highest BCUT2D eigenvalue weighted by molar-refractivity contribution is 6.04. The van der Waals surface area contributed by atoms with Crippen molar-refractivity contribution < 1.29 is 23.8 Å². The SMILES string of the molecule is COc1ccc(NC(=O)C(C(=O)O)C(C)(C)C)cc1F. The maximum atomic E-state index is 13.5. The molecule has 1 atom stereocenters. The third kappa shape index (κ3) is 3.69. The van der Waals surface area contributed by atoms with Gasteiger partial charge in [-0.25, -0.2) is 4.39 Å². The van der Waals surface area contributed by atoms with Crippen LogP contribution in [0.1, 0.15) is 20.8 Å². The maximum absolute atomic E-state index is 13.5. The average molecular weight is 283 g/mol. The van der Waals surface area contributed by atoms with E-state index in [9.17, 15) is 14.0 Å². The molecular weight excluding hydrogens is 265 g/mol. The van der Waals surface area contributed by atoms with Crippen LogP contribution in [0.4, 0.5) is 10.1 Å². The van der Waals surface area contributed by atoms with Crippen molar-refractivity contribution in [3.05, 3.63) is 24.0 Å². The monoisotopic (exact) mass is 283 g/mol. The van der Waals surface area contributed by atoms with E-state index in [4.69, 9.17) is 9.84 Å². The molecule has 0 aromatic heterocycles. The molecule has 5 nitrogen and oxygen atoms in total. The minimum absolute atomic E-state index is 0.0496. The summed E-state index contributed by atoms with van der Waals surface area (Å²) >= 11 is 0. The molecule has 1 rings (SSSR count). The highest BCUT2D eigenvalue weighted by atomic mass is 19.1. The zero-order valence-electron chi connectivity index (χ0n) is 11.9. The molecule has 1 aromatic rings. The number of nitrogens with one attached hydrogen (secondary N) is 1. The van der Waals surface area contributed by atoms with Gasteiger partial charge in [0.1, 0.15) is 5.92 Å². The lowest BCUT2D eigenvalue weighted by atomic mass is 9.80. The fourth-order valence-electron chi connectivity index (χ4n) is 1.83. The minimum Gasteiger partial charge on any atom is -0.494 e. The lowest BCUT2D eigenvalue weighted by molar-refractivity contribution is -0.149. The summed E-state index contributed by atoms with van der Waals surface area (Å²) in [5.74, 6) is -3.72. The molecule has 1 unspecified atom stereocenters. The number of aliphatic carboxylic acids is 1. The first-order valence-corrected chi connectivity index (χ1v) is 6.04. The van der Waals surface area contributed by atoms with Crippen LogP contribution in [0.5, 0.6) is 5.75 Å². The van der Waals surface area contributed by atoms with Gasteiger partial charge in [0.15, 0.2) is 11.6 Å². The second-order valence-electron chi connectivity index (χ2n) is 5.48. The van der Waals surface area contributed by atoms with E-state index in [1.54, 1.807) is 20.8 Å². The first kappa shape index (κ1) is 15.9. The minimum atomic E-state index is -1.23. The molecule has 20 heavy (non-hydrogen) atoms. The summed E-state index contributed by atoms with van der Waals surface area (Å²) in [6.45, 7) is 4.96. The smallest absolute Gasteiger partial charge is 0.316 e. The number of carboxylic acids is 1. The number of carbonyl (C=O) groups is 2. The van der Waals surface area contributed by atoms with Crippen molar-refractivity contribution in [1.29, 1.82) is 0 Å². The Balaban J connectivity index is 2.94. The standard InChI is InChI=1S/C14H18FNO4/c1-14(2,3)11(13(18)19)12(17)16-8-5-6-10(20-4)9(15)7-8/h5-7,11H,1-4H3,(H,16,17)(H,18,19). The number of halogens is 1. The molecule has 0 heterocycles. The van der Waals surface area contributed by atoms with Crippen LogP contribution in [-0.4, -0.2) is 24.1 Å². The number of ether oxygens (including phenoxy) is 1. The summed E-state index contributed by atoms with van der Waals surface area (Å²) in [5, 5.41) is 11.5. The highest BCUT2D eigenvalue weighted by Gasteiger charge is 2.37. The van der Waals surface area contributed by atoms with Gasteiger partial charge in [-0.1, -0.05) is 20.8 Å². The zero-order valence-corrected chi connectivity index (χ0v) is 11.9. The van der Waals surface area contributed by atoms with Gasteiger partial charge >= 0.3 is 5.97 Å². The van der Waals surface area contributed by atoms with Crippen LogP contribution in [-0.2, 0) is 9.59 Å². The number of hydrogen-bond donors (Lipinski definition) is 2. The van der Waals surface area contributed by atoms with Gasteiger partial charge in [-0.2, -0.15) is 0 Å². The van der Waals surface area contributed by atoms with Gasteiger partial charge < -0.3 is 15.2 Å². The third-order valence-electron chi connectivity index (χ3n) is 2.79. The number of hydrogen-bond acceptors (Lipinski definition) is 3. The second kappa shape index (κ2) is 5.90. The van der Waals surface area contributed by atoms with Gasteiger partial charge in [0.2, 0.25) is 5.91 Å². The first-order chi connectivity index (χ1) is 9.16. The predicted octanol–water partition coefficient (Wildman–Crippen LogP) is 2.52. The number of methoxy groups -OCH3 is 1. The molecule has 0 aliphatic rings. The zero-order chi connectivity index (χ0) is 15.5. The van der Waals surface area contributed by atoms with Crippen molar-refractivity contribution in [2.45, 2.75) is 20.8 Å². The molecule has 0 radical (unpaired) electrons. The molecule has 0 saturated heterocycles. The molecule has 1 aromatic carbocycles.